The molecule has 4 atom stereocenters. The lowest BCUT2D eigenvalue weighted by Gasteiger charge is -2.23. The molecule has 156 valence electrons. The monoisotopic (exact) mass is 414 g/mol. The molecule has 2 N–H and O–H groups in total. The third kappa shape index (κ3) is 3.16. The number of carbonyl (C=O) groups is 2. The van der Waals surface area contributed by atoms with Crippen molar-refractivity contribution in [3.05, 3.63) is 90.0 Å². The van der Waals surface area contributed by atoms with Crippen LogP contribution in [0.4, 0.5) is 5.69 Å². The number of benzene rings is 3. The SMILES string of the molecule is COc1ccc([C@@H]2N[C@H](c3ccc(O)cc3)C3C(=O)N(c4ccccc4)C(=O)C32)cc1. The number of aromatic hydroxyl groups is 1. The number of amides is 2. The van der Waals surface area contributed by atoms with Crippen molar-refractivity contribution in [2.75, 3.05) is 12.0 Å². The average Bonchev–Trinajstić information content (AvgIpc) is 3.32. The molecular formula is C25H22N2O4. The first-order chi connectivity index (χ1) is 15.1. The molecule has 0 radical (unpaired) electrons. The third-order valence-corrected chi connectivity index (χ3v) is 6.22. The number of methoxy groups -OCH3 is 1. The number of nitrogens with one attached hydrogen (secondary N) is 1. The second-order valence-electron chi connectivity index (χ2n) is 7.89. The number of hydrogen-bond donors (Lipinski definition) is 2. The van der Waals surface area contributed by atoms with Crippen LogP contribution in [0.3, 0.4) is 0 Å². The Bertz CT molecular complexity index is 1110. The molecule has 3 aromatic carbocycles. The molecule has 2 amide bonds. The molecule has 2 saturated heterocycles. The smallest absolute Gasteiger partial charge is 0.239 e. The van der Waals surface area contributed by atoms with Crippen LogP contribution >= 0.6 is 0 Å². The van der Waals surface area contributed by atoms with Gasteiger partial charge in [-0.15, -0.1) is 0 Å². The minimum atomic E-state index is -0.538. The van der Waals surface area contributed by atoms with Gasteiger partial charge in [0.25, 0.3) is 0 Å². The van der Waals surface area contributed by atoms with Gasteiger partial charge in [0.15, 0.2) is 0 Å². The summed E-state index contributed by atoms with van der Waals surface area (Å²) in [5.74, 6) is -0.583. The van der Waals surface area contributed by atoms with E-state index in [1.165, 1.54) is 4.90 Å². The standard InChI is InChI=1S/C25H22N2O4/c1-31-19-13-9-16(10-14-19)23-21-20(22(26-23)15-7-11-18(28)12-8-15)24(29)27(25(21)30)17-5-3-2-4-6-17/h2-14,20-23,26,28H,1H3/t20?,21?,22-,23+/m1/s1. The normalized spacial score (nSPS) is 25.0. The summed E-state index contributed by atoms with van der Waals surface area (Å²) in [6.45, 7) is 0. The number of fused-ring (bicyclic) bond motifs is 1. The zero-order valence-corrected chi connectivity index (χ0v) is 16.9. The highest BCUT2D eigenvalue weighted by Gasteiger charge is 2.59. The van der Waals surface area contributed by atoms with Gasteiger partial charge in [0.05, 0.1) is 24.6 Å². The summed E-state index contributed by atoms with van der Waals surface area (Å²) in [7, 11) is 1.61. The van der Waals surface area contributed by atoms with Crippen molar-refractivity contribution >= 4 is 17.5 Å². The third-order valence-electron chi connectivity index (χ3n) is 6.22. The molecule has 6 nitrogen and oxygen atoms in total. The number of hydrogen-bond acceptors (Lipinski definition) is 5. The van der Waals surface area contributed by atoms with Gasteiger partial charge in [0, 0.05) is 12.1 Å². The number of carbonyl (C=O) groups excluding carboxylic acids is 2. The fourth-order valence-corrected chi connectivity index (χ4v) is 4.75. The van der Waals surface area contributed by atoms with Crippen molar-refractivity contribution < 1.29 is 19.4 Å². The van der Waals surface area contributed by atoms with E-state index >= 15 is 0 Å². The Balaban J connectivity index is 1.58. The molecule has 0 bridgehead atoms. The minimum absolute atomic E-state index is 0.157. The Hall–Kier alpha value is -3.64. The van der Waals surface area contributed by atoms with E-state index in [0.29, 0.717) is 5.69 Å². The highest BCUT2D eigenvalue weighted by atomic mass is 16.5. The van der Waals surface area contributed by atoms with Crippen molar-refractivity contribution in [1.29, 1.82) is 0 Å². The van der Waals surface area contributed by atoms with E-state index in [0.717, 1.165) is 16.9 Å². The summed E-state index contributed by atoms with van der Waals surface area (Å²) in [4.78, 5) is 28.4. The minimum Gasteiger partial charge on any atom is -0.508 e. The number of anilines is 1. The van der Waals surface area contributed by atoms with Crippen molar-refractivity contribution in [1.82, 2.24) is 5.32 Å². The van der Waals surface area contributed by atoms with Crippen LogP contribution < -0.4 is 15.0 Å². The van der Waals surface area contributed by atoms with Crippen molar-refractivity contribution in [3.63, 3.8) is 0 Å². The van der Waals surface area contributed by atoms with Crippen molar-refractivity contribution in [2.45, 2.75) is 12.1 Å². The lowest BCUT2D eigenvalue weighted by Crippen LogP contribution is -2.36. The molecule has 5 rings (SSSR count). The molecule has 2 fully saturated rings. The van der Waals surface area contributed by atoms with Crippen molar-refractivity contribution in [3.8, 4) is 11.5 Å². The van der Waals surface area contributed by atoms with Crippen molar-refractivity contribution in [2.24, 2.45) is 11.8 Å². The Morgan fingerprint density at radius 2 is 1.29 bits per heavy atom. The molecular weight excluding hydrogens is 392 g/mol. The van der Waals surface area contributed by atoms with Gasteiger partial charge in [0.2, 0.25) is 11.8 Å². The highest BCUT2D eigenvalue weighted by Crippen LogP contribution is 2.50. The van der Waals surface area contributed by atoms with Gasteiger partial charge in [-0.2, -0.15) is 0 Å². The first-order valence-corrected chi connectivity index (χ1v) is 10.2. The summed E-state index contributed by atoms with van der Waals surface area (Å²) in [5, 5.41) is 13.2. The van der Waals surface area contributed by atoms with Crippen LogP contribution in [0.2, 0.25) is 0 Å². The lowest BCUT2D eigenvalue weighted by molar-refractivity contribution is -0.123. The number of para-hydroxylation sites is 1. The molecule has 0 saturated carbocycles. The van der Waals surface area contributed by atoms with Gasteiger partial charge in [0.1, 0.15) is 11.5 Å². The van der Waals surface area contributed by atoms with Gasteiger partial charge >= 0.3 is 0 Å². The van der Waals surface area contributed by atoms with Gasteiger partial charge in [-0.3, -0.25) is 9.59 Å². The van der Waals surface area contributed by atoms with E-state index in [1.54, 1.807) is 43.5 Å². The quantitative estimate of drug-likeness (QED) is 0.638. The summed E-state index contributed by atoms with van der Waals surface area (Å²) in [6, 6.07) is 22.8. The van der Waals surface area contributed by atoms with E-state index in [9.17, 15) is 14.7 Å². The molecule has 6 heteroatoms. The predicted octanol–water partition coefficient (Wildman–Crippen LogP) is 3.59. The number of nitrogens with zero attached hydrogens (tertiary/aromatic N) is 1. The Labute approximate surface area is 180 Å². The molecule has 0 aromatic heterocycles. The Morgan fingerprint density at radius 3 is 1.81 bits per heavy atom. The van der Waals surface area contributed by atoms with Gasteiger partial charge in [-0.25, -0.2) is 4.90 Å². The number of phenolic OH excluding ortho intramolecular Hbond substituents is 1. The Kier molecular flexibility index (Phi) is 4.71. The van der Waals surface area contributed by atoms with Crippen LogP contribution in [-0.4, -0.2) is 24.0 Å². The number of imide groups is 1. The zero-order chi connectivity index (χ0) is 21.5. The van der Waals surface area contributed by atoms with Gasteiger partial charge < -0.3 is 15.2 Å². The first kappa shape index (κ1) is 19.3. The van der Waals surface area contributed by atoms with E-state index < -0.39 is 11.8 Å². The molecule has 0 aliphatic carbocycles. The molecule has 0 spiro atoms. The van der Waals surface area contributed by atoms with Crippen LogP contribution in [-0.2, 0) is 9.59 Å². The number of rotatable bonds is 4. The summed E-state index contributed by atoms with van der Waals surface area (Å²) in [6.07, 6.45) is 0. The fraction of sp³-hybridized carbons (Fsp3) is 0.200. The molecule has 2 heterocycles. The number of ether oxygens (including phenoxy) is 1. The molecule has 2 aliphatic heterocycles. The second-order valence-corrected chi connectivity index (χ2v) is 7.89. The average molecular weight is 414 g/mol. The van der Waals surface area contributed by atoms with Crippen LogP contribution in [0.25, 0.3) is 0 Å². The molecule has 31 heavy (non-hydrogen) atoms. The van der Waals surface area contributed by atoms with Crippen LogP contribution in [0.1, 0.15) is 23.2 Å². The van der Waals surface area contributed by atoms with Crippen LogP contribution in [0.15, 0.2) is 78.9 Å². The fourth-order valence-electron chi connectivity index (χ4n) is 4.75. The van der Waals surface area contributed by atoms with Gasteiger partial charge in [-0.05, 0) is 47.5 Å². The van der Waals surface area contributed by atoms with E-state index in [4.69, 9.17) is 4.74 Å². The van der Waals surface area contributed by atoms with Crippen LogP contribution in [0.5, 0.6) is 11.5 Å². The first-order valence-electron chi connectivity index (χ1n) is 10.2. The van der Waals surface area contributed by atoms with E-state index in [2.05, 4.69) is 5.32 Å². The highest BCUT2D eigenvalue weighted by molar-refractivity contribution is 6.22. The molecule has 3 aromatic rings. The number of phenols is 1. The Morgan fingerprint density at radius 1 is 0.774 bits per heavy atom. The molecule has 2 aliphatic rings. The topological polar surface area (TPSA) is 78.9 Å². The largest absolute Gasteiger partial charge is 0.508 e. The summed E-state index contributed by atoms with van der Waals surface area (Å²) < 4.78 is 5.26. The van der Waals surface area contributed by atoms with Crippen LogP contribution in [0, 0.1) is 11.8 Å². The zero-order valence-electron chi connectivity index (χ0n) is 16.9. The molecule has 2 unspecified atom stereocenters. The van der Waals surface area contributed by atoms with E-state index in [1.807, 2.05) is 42.5 Å². The maximum absolute atomic E-state index is 13.5. The summed E-state index contributed by atoms with van der Waals surface area (Å²) in [5.41, 5.74) is 2.37. The maximum atomic E-state index is 13.5. The van der Waals surface area contributed by atoms with Gasteiger partial charge in [-0.1, -0.05) is 42.5 Å². The maximum Gasteiger partial charge on any atom is 0.239 e. The predicted molar refractivity (Wildman–Crippen MR) is 116 cm³/mol. The summed E-state index contributed by atoms with van der Waals surface area (Å²) >= 11 is 0. The lowest BCUT2D eigenvalue weighted by atomic mass is 9.84. The van der Waals surface area contributed by atoms with E-state index in [-0.39, 0.29) is 29.6 Å². The second kappa shape index (κ2) is 7.56.